The summed E-state index contributed by atoms with van der Waals surface area (Å²) in [5, 5.41) is 11.6. The van der Waals surface area contributed by atoms with Crippen molar-refractivity contribution in [2.75, 3.05) is 16.8 Å². The van der Waals surface area contributed by atoms with E-state index in [9.17, 15) is 9.59 Å². The third kappa shape index (κ3) is 7.67. The molecule has 0 aliphatic carbocycles. The molecule has 2 aromatic rings. The van der Waals surface area contributed by atoms with Crippen LogP contribution in [0.25, 0.3) is 0 Å². The number of rotatable bonds is 9. The van der Waals surface area contributed by atoms with Crippen LogP contribution in [0.3, 0.4) is 0 Å². The Bertz CT molecular complexity index is 734. The molecule has 0 spiro atoms. The highest BCUT2D eigenvalue weighted by Crippen LogP contribution is 2.18. The van der Waals surface area contributed by atoms with Gasteiger partial charge in [0, 0.05) is 17.2 Å². The number of hydrogen-bond donors (Lipinski definition) is 2. The summed E-state index contributed by atoms with van der Waals surface area (Å²) in [6, 6.07) is 15.8. The van der Waals surface area contributed by atoms with E-state index in [4.69, 9.17) is 5.11 Å². The maximum Gasteiger partial charge on any atom is 0.313 e. The second-order valence-corrected chi connectivity index (χ2v) is 7.59. The van der Waals surface area contributed by atoms with Gasteiger partial charge >= 0.3 is 5.97 Å². The maximum atomic E-state index is 12.1. The van der Waals surface area contributed by atoms with Gasteiger partial charge in [-0.05, 0) is 30.2 Å². The zero-order valence-electron chi connectivity index (χ0n) is 14.0. The van der Waals surface area contributed by atoms with Crippen LogP contribution in [0, 0.1) is 6.92 Å². The van der Waals surface area contributed by atoms with Gasteiger partial charge in [0.2, 0.25) is 5.91 Å². The predicted molar refractivity (Wildman–Crippen MR) is 106 cm³/mol. The summed E-state index contributed by atoms with van der Waals surface area (Å²) in [4.78, 5) is 22.6. The first-order valence-electron chi connectivity index (χ1n) is 7.84. The number of amides is 1. The largest absolute Gasteiger partial charge is 0.481 e. The van der Waals surface area contributed by atoms with Crippen molar-refractivity contribution in [2.24, 2.45) is 0 Å². The second-order valence-electron chi connectivity index (χ2n) is 5.62. The number of anilines is 1. The first-order chi connectivity index (χ1) is 12.0. The van der Waals surface area contributed by atoms with E-state index in [2.05, 4.69) is 30.4 Å². The second kappa shape index (κ2) is 10.2. The summed E-state index contributed by atoms with van der Waals surface area (Å²) in [5.41, 5.74) is 4.18. The molecule has 2 rings (SSSR count). The van der Waals surface area contributed by atoms with Crippen molar-refractivity contribution >= 4 is 41.1 Å². The number of aryl methyl sites for hydroxylation is 1. The zero-order chi connectivity index (χ0) is 18.1. The molecule has 0 fully saturated rings. The summed E-state index contributed by atoms with van der Waals surface area (Å²) < 4.78 is 0. The van der Waals surface area contributed by atoms with Gasteiger partial charge in [-0.15, -0.1) is 23.5 Å². The maximum absolute atomic E-state index is 12.1. The van der Waals surface area contributed by atoms with Crippen molar-refractivity contribution in [3.8, 4) is 0 Å². The lowest BCUT2D eigenvalue weighted by atomic mass is 10.2. The Hall–Kier alpha value is -1.92. The summed E-state index contributed by atoms with van der Waals surface area (Å²) in [6.07, 6.45) is 0. The summed E-state index contributed by atoms with van der Waals surface area (Å²) >= 11 is 2.92. The number of carbonyl (C=O) groups excluding carboxylic acids is 1. The van der Waals surface area contributed by atoms with Gasteiger partial charge in [0.25, 0.3) is 0 Å². The highest BCUT2D eigenvalue weighted by molar-refractivity contribution is 7.99. The summed E-state index contributed by atoms with van der Waals surface area (Å²) in [7, 11) is 0. The van der Waals surface area contributed by atoms with Crippen LogP contribution in [0.15, 0.2) is 48.5 Å². The van der Waals surface area contributed by atoms with E-state index in [1.165, 1.54) is 22.9 Å². The van der Waals surface area contributed by atoms with Crippen LogP contribution in [0.2, 0.25) is 0 Å². The molecule has 2 aromatic carbocycles. The fourth-order valence-corrected chi connectivity index (χ4v) is 3.72. The van der Waals surface area contributed by atoms with Crippen molar-refractivity contribution in [1.82, 2.24) is 0 Å². The van der Waals surface area contributed by atoms with Crippen LogP contribution in [0.5, 0.6) is 0 Å². The molecule has 6 heteroatoms. The third-order valence-electron chi connectivity index (χ3n) is 3.29. The lowest BCUT2D eigenvalue weighted by Gasteiger charge is -2.08. The molecule has 0 aromatic heterocycles. The first kappa shape index (κ1) is 19.4. The van der Waals surface area contributed by atoms with Gasteiger partial charge in [0.1, 0.15) is 0 Å². The fourth-order valence-electron chi connectivity index (χ4n) is 2.26. The van der Waals surface area contributed by atoms with E-state index in [1.807, 2.05) is 30.3 Å². The van der Waals surface area contributed by atoms with E-state index in [1.54, 1.807) is 11.8 Å². The van der Waals surface area contributed by atoms with Crippen molar-refractivity contribution in [1.29, 1.82) is 0 Å². The van der Waals surface area contributed by atoms with E-state index < -0.39 is 5.97 Å². The van der Waals surface area contributed by atoms with Crippen molar-refractivity contribution < 1.29 is 14.7 Å². The fraction of sp³-hybridized carbons (Fsp3) is 0.263. The van der Waals surface area contributed by atoms with Gasteiger partial charge in [-0.25, -0.2) is 0 Å². The van der Waals surface area contributed by atoms with E-state index in [0.717, 1.165) is 17.0 Å². The highest BCUT2D eigenvalue weighted by atomic mass is 32.2. The molecule has 0 radical (unpaired) electrons. The number of aliphatic carboxylic acids is 1. The summed E-state index contributed by atoms with van der Waals surface area (Å²) in [5.74, 6) is 1.03. The van der Waals surface area contributed by atoms with E-state index in [-0.39, 0.29) is 11.7 Å². The highest BCUT2D eigenvalue weighted by Gasteiger charge is 2.05. The number of carbonyl (C=O) groups is 2. The SMILES string of the molecule is Cc1cccc(CSCC(=O)Nc2cccc(CSCC(=O)O)c2)c1. The monoisotopic (exact) mass is 375 g/mol. The lowest BCUT2D eigenvalue weighted by molar-refractivity contribution is -0.133. The summed E-state index contributed by atoms with van der Waals surface area (Å²) in [6.45, 7) is 2.06. The molecule has 132 valence electrons. The molecular formula is C19H21NO3S2. The van der Waals surface area contributed by atoms with Crippen LogP contribution < -0.4 is 5.32 Å². The molecule has 1 amide bonds. The van der Waals surface area contributed by atoms with Gasteiger partial charge < -0.3 is 10.4 Å². The van der Waals surface area contributed by atoms with Crippen molar-refractivity contribution in [3.05, 3.63) is 65.2 Å². The Morgan fingerprint density at radius 2 is 1.60 bits per heavy atom. The number of hydrogen-bond acceptors (Lipinski definition) is 4. The standard InChI is InChI=1S/C19H21NO3S2/c1-14-4-2-5-15(8-14)10-24-12-18(21)20-17-7-3-6-16(9-17)11-25-13-19(22)23/h2-9H,10-13H2,1H3,(H,20,21)(H,22,23). The van der Waals surface area contributed by atoms with Crippen LogP contribution in [0.1, 0.15) is 16.7 Å². The minimum atomic E-state index is -0.819. The Kier molecular flexibility index (Phi) is 7.88. The van der Waals surface area contributed by atoms with Gasteiger partial charge in [0.15, 0.2) is 0 Å². The molecule has 0 aliphatic rings. The lowest BCUT2D eigenvalue weighted by Crippen LogP contribution is -2.14. The smallest absolute Gasteiger partial charge is 0.313 e. The number of benzene rings is 2. The molecule has 0 aliphatic heterocycles. The molecule has 2 N–H and O–H groups in total. The van der Waals surface area contributed by atoms with Gasteiger partial charge in [-0.1, -0.05) is 42.0 Å². The molecule has 0 atom stereocenters. The molecule has 0 saturated carbocycles. The Morgan fingerprint density at radius 1 is 0.960 bits per heavy atom. The Morgan fingerprint density at radius 3 is 2.28 bits per heavy atom. The number of nitrogens with one attached hydrogen (secondary N) is 1. The van der Waals surface area contributed by atoms with Gasteiger partial charge in [-0.3, -0.25) is 9.59 Å². The van der Waals surface area contributed by atoms with Crippen molar-refractivity contribution in [3.63, 3.8) is 0 Å². The average molecular weight is 376 g/mol. The third-order valence-corrected chi connectivity index (χ3v) is 5.28. The zero-order valence-corrected chi connectivity index (χ0v) is 15.7. The molecular weight excluding hydrogens is 354 g/mol. The van der Waals surface area contributed by atoms with Crippen LogP contribution in [-0.4, -0.2) is 28.5 Å². The first-order valence-corrected chi connectivity index (χ1v) is 10.2. The average Bonchev–Trinajstić information content (AvgIpc) is 2.55. The van der Waals surface area contributed by atoms with Gasteiger partial charge in [0.05, 0.1) is 11.5 Å². The van der Waals surface area contributed by atoms with Crippen LogP contribution in [0.4, 0.5) is 5.69 Å². The molecule has 4 nitrogen and oxygen atoms in total. The Labute approximate surface area is 156 Å². The van der Waals surface area contributed by atoms with Gasteiger partial charge in [-0.2, -0.15) is 0 Å². The van der Waals surface area contributed by atoms with Crippen LogP contribution >= 0.6 is 23.5 Å². The molecule has 25 heavy (non-hydrogen) atoms. The quantitative estimate of drug-likeness (QED) is 0.688. The predicted octanol–water partition coefficient (Wildman–Crippen LogP) is 4.18. The number of carboxylic acid groups (broad SMARTS) is 1. The van der Waals surface area contributed by atoms with Crippen LogP contribution in [-0.2, 0) is 21.1 Å². The van der Waals surface area contributed by atoms with E-state index in [0.29, 0.717) is 11.5 Å². The van der Waals surface area contributed by atoms with Crippen molar-refractivity contribution in [2.45, 2.75) is 18.4 Å². The normalized spacial score (nSPS) is 10.4. The molecule has 0 heterocycles. The molecule has 0 bridgehead atoms. The minimum absolute atomic E-state index is 0.0343. The van der Waals surface area contributed by atoms with E-state index >= 15 is 0 Å². The molecule has 0 saturated heterocycles. The molecule has 0 unspecified atom stereocenters. The minimum Gasteiger partial charge on any atom is -0.481 e. The Balaban J connectivity index is 1.77. The number of thioether (sulfide) groups is 2. The topological polar surface area (TPSA) is 66.4 Å². The number of carboxylic acids is 1.